The van der Waals surface area contributed by atoms with Crippen LogP contribution in [0.15, 0.2) is 18.5 Å². The summed E-state index contributed by atoms with van der Waals surface area (Å²) in [6, 6.07) is 2.14. The maximum atomic E-state index is 6.02. The first-order valence-electron chi connectivity index (χ1n) is 4.71. The molecule has 0 saturated heterocycles. The highest BCUT2D eigenvalue weighted by Gasteiger charge is 2.10. The number of fused-ring (bicyclic) bond motifs is 1. The average Bonchev–Trinajstić information content (AvgIpc) is 2.62. The van der Waals surface area contributed by atoms with Crippen molar-refractivity contribution in [3.8, 4) is 0 Å². The van der Waals surface area contributed by atoms with Gasteiger partial charge in [0.1, 0.15) is 0 Å². The Morgan fingerprint density at radius 2 is 2.36 bits per heavy atom. The van der Waals surface area contributed by atoms with Gasteiger partial charge >= 0.3 is 0 Å². The molecule has 0 radical (unpaired) electrons. The lowest BCUT2D eigenvalue weighted by molar-refractivity contribution is 0.490. The second kappa shape index (κ2) is 3.58. The molecular weight excluding hydrogens is 198 g/mol. The van der Waals surface area contributed by atoms with Crippen molar-refractivity contribution < 1.29 is 0 Å². The Hall–Kier alpha value is -1.09. The Labute approximate surface area is 87.7 Å². The van der Waals surface area contributed by atoms with E-state index >= 15 is 0 Å². The van der Waals surface area contributed by atoms with Gasteiger partial charge in [-0.1, -0.05) is 18.5 Å². The molecule has 2 aromatic heterocycles. The van der Waals surface area contributed by atoms with Crippen LogP contribution in [-0.2, 0) is 0 Å². The summed E-state index contributed by atoms with van der Waals surface area (Å²) in [6.07, 6.45) is 4.52. The SMILES string of the molecule is CCC(C)n1ncc2c(Cl)ccnc21. The van der Waals surface area contributed by atoms with Crippen molar-refractivity contribution in [3.05, 3.63) is 23.5 Å². The van der Waals surface area contributed by atoms with Crippen LogP contribution in [0.1, 0.15) is 26.3 Å². The molecule has 4 heteroatoms. The summed E-state index contributed by atoms with van der Waals surface area (Å²) >= 11 is 6.02. The fourth-order valence-corrected chi connectivity index (χ4v) is 1.60. The minimum atomic E-state index is 0.360. The van der Waals surface area contributed by atoms with Gasteiger partial charge in [0.15, 0.2) is 5.65 Å². The molecule has 2 heterocycles. The third-order valence-electron chi connectivity index (χ3n) is 2.45. The van der Waals surface area contributed by atoms with Crippen LogP contribution in [-0.4, -0.2) is 14.8 Å². The molecule has 1 unspecified atom stereocenters. The first-order valence-corrected chi connectivity index (χ1v) is 5.09. The molecule has 2 rings (SSSR count). The molecule has 0 aromatic carbocycles. The van der Waals surface area contributed by atoms with Crippen LogP contribution in [0.5, 0.6) is 0 Å². The van der Waals surface area contributed by atoms with Crippen molar-refractivity contribution in [1.82, 2.24) is 14.8 Å². The Kier molecular flexibility index (Phi) is 2.42. The first kappa shape index (κ1) is 9.46. The van der Waals surface area contributed by atoms with E-state index in [4.69, 9.17) is 11.6 Å². The van der Waals surface area contributed by atoms with Crippen LogP contribution in [0.25, 0.3) is 11.0 Å². The largest absolute Gasteiger partial charge is 0.244 e. The molecule has 74 valence electrons. The van der Waals surface area contributed by atoms with Crippen LogP contribution in [0.2, 0.25) is 5.02 Å². The maximum absolute atomic E-state index is 6.02. The molecule has 0 aliphatic rings. The van der Waals surface area contributed by atoms with Gasteiger partial charge in [0.05, 0.1) is 22.6 Å². The monoisotopic (exact) mass is 209 g/mol. The lowest BCUT2D eigenvalue weighted by atomic mass is 10.2. The Balaban J connectivity index is 2.63. The molecule has 0 bridgehead atoms. The molecule has 0 aliphatic carbocycles. The molecule has 0 N–H and O–H groups in total. The van der Waals surface area contributed by atoms with E-state index in [-0.39, 0.29) is 0 Å². The molecule has 3 nitrogen and oxygen atoms in total. The second-order valence-corrected chi connectivity index (χ2v) is 3.78. The summed E-state index contributed by atoms with van der Waals surface area (Å²) in [7, 11) is 0. The normalized spacial score (nSPS) is 13.4. The molecular formula is C10H12ClN3. The van der Waals surface area contributed by atoms with Gasteiger partial charge in [-0.15, -0.1) is 0 Å². The third-order valence-corrected chi connectivity index (χ3v) is 2.78. The molecule has 1 atom stereocenters. The van der Waals surface area contributed by atoms with Crippen LogP contribution >= 0.6 is 11.6 Å². The van der Waals surface area contributed by atoms with Crippen LogP contribution in [0, 0.1) is 0 Å². The van der Waals surface area contributed by atoms with E-state index in [1.54, 1.807) is 18.5 Å². The smallest absolute Gasteiger partial charge is 0.159 e. The molecule has 0 aliphatic heterocycles. The first-order chi connectivity index (χ1) is 6.74. The molecule has 0 saturated carbocycles. The Morgan fingerprint density at radius 3 is 3.07 bits per heavy atom. The summed E-state index contributed by atoms with van der Waals surface area (Å²) in [4.78, 5) is 4.29. The lowest BCUT2D eigenvalue weighted by Crippen LogP contribution is -2.05. The van der Waals surface area contributed by atoms with Crippen molar-refractivity contribution in [1.29, 1.82) is 0 Å². The highest BCUT2D eigenvalue weighted by atomic mass is 35.5. The summed E-state index contributed by atoms with van der Waals surface area (Å²) in [5.41, 5.74) is 0.867. The van der Waals surface area contributed by atoms with E-state index in [1.807, 2.05) is 4.68 Å². The van der Waals surface area contributed by atoms with E-state index < -0.39 is 0 Å². The maximum Gasteiger partial charge on any atom is 0.159 e. The standard InChI is InChI=1S/C10H12ClN3/c1-3-7(2)14-10-8(6-13-14)9(11)4-5-12-10/h4-7H,3H2,1-2H3. The van der Waals surface area contributed by atoms with Crippen LogP contribution < -0.4 is 0 Å². The summed E-state index contributed by atoms with van der Waals surface area (Å²) in [5, 5.41) is 5.93. The van der Waals surface area contributed by atoms with Gasteiger partial charge in [0.25, 0.3) is 0 Å². The van der Waals surface area contributed by atoms with Crippen LogP contribution in [0.3, 0.4) is 0 Å². The number of hydrogen-bond acceptors (Lipinski definition) is 2. The predicted octanol–water partition coefficient (Wildman–Crippen LogP) is 3.06. The number of nitrogens with zero attached hydrogens (tertiary/aromatic N) is 3. The number of halogens is 1. The van der Waals surface area contributed by atoms with Gasteiger partial charge in [-0.05, 0) is 19.4 Å². The topological polar surface area (TPSA) is 30.7 Å². The third kappa shape index (κ3) is 1.38. The number of hydrogen-bond donors (Lipinski definition) is 0. The minimum Gasteiger partial charge on any atom is -0.244 e. The van der Waals surface area contributed by atoms with Crippen molar-refractivity contribution in [3.63, 3.8) is 0 Å². The Bertz CT molecular complexity index is 450. The van der Waals surface area contributed by atoms with E-state index in [1.165, 1.54) is 0 Å². The van der Waals surface area contributed by atoms with Gasteiger partial charge in [-0.2, -0.15) is 5.10 Å². The van der Waals surface area contributed by atoms with Gasteiger partial charge in [-0.3, -0.25) is 0 Å². The molecule has 0 spiro atoms. The quantitative estimate of drug-likeness (QED) is 0.761. The van der Waals surface area contributed by atoms with Crippen LogP contribution in [0.4, 0.5) is 0 Å². The fraction of sp³-hybridized carbons (Fsp3) is 0.400. The van der Waals surface area contributed by atoms with Gasteiger partial charge in [0.2, 0.25) is 0 Å². The van der Waals surface area contributed by atoms with E-state index in [0.29, 0.717) is 11.1 Å². The van der Waals surface area contributed by atoms with E-state index in [0.717, 1.165) is 17.5 Å². The van der Waals surface area contributed by atoms with Crippen molar-refractivity contribution in [2.75, 3.05) is 0 Å². The summed E-state index contributed by atoms with van der Waals surface area (Å²) in [5.74, 6) is 0. The van der Waals surface area contributed by atoms with E-state index in [2.05, 4.69) is 23.9 Å². The second-order valence-electron chi connectivity index (χ2n) is 3.38. The molecule has 14 heavy (non-hydrogen) atoms. The lowest BCUT2D eigenvalue weighted by Gasteiger charge is -2.09. The van der Waals surface area contributed by atoms with Gasteiger partial charge in [0, 0.05) is 6.20 Å². The number of rotatable bonds is 2. The molecule has 2 aromatic rings. The zero-order valence-electron chi connectivity index (χ0n) is 8.24. The average molecular weight is 210 g/mol. The number of pyridine rings is 1. The summed E-state index contributed by atoms with van der Waals surface area (Å²) < 4.78 is 1.92. The summed E-state index contributed by atoms with van der Waals surface area (Å²) in [6.45, 7) is 4.25. The van der Waals surface area contributed by atoms with Gasteiger partial charge in [-0.25, -0.2) is 9.67 Å². The van der Waals surface area contributed by atoms with Gasteiger partial charge < -0.3 is 0 Å². The van der Waals surface area contributed by atoms with E-state index in [9.17, 15) is 0 Å². The van der Waals surface area contributed by atoms with Crippen molar-refractivity contribution >= 4 is 22.6 Å². The predicted molar refractivity (Wildman–Crippen MR) is 57.5 cm³/mol. The minimum absolute atomic E-state index is 0.360. The number of aromatic nitrogens is 3. The molecule has 0 amide bonds. The highest BCUT2D eigenvalue weighted by molar-refractivity contribution is 6.35. The Morgan fingerprint density at radius 1 is 1.57 bits per heavy atom. The zero-order chi connectivity index (χ0) is 10.1. The fourth-order valence-electron chi connectivity index (χ4n) is 1.41. The van der Waals surface area contributed by atoms with Crippen molar-refractivity contribution in [2.45, 2.75) is 26.3 Å². The zero-order valence-corrected chi connectivity index (χ0v) is 8.99. The van der Waals surface area contributed by atoms with Crippen molar-refractivity contribution in [2.24, 2.45) is 0 Å². The highest BCUT2D eigenvalue weighted by Crippen LogP contribution is 2.23. The molecule has 0 fully saturated rings.